The summed E-state index contributed by atoms with van der Waals surface area (Å²) in [4.78, 5) is 22.4. The van der Waals surface area contributed by atoms with Crippen LogP contribution in [0.5, 0.6) is 5.75 Å². The van der Waals surface area contributed by atoms with Crippen LogP contribution in [-0.2, 0) is 9.53 Å². The van der Waals surface area contributed by atoms with E-state index in [9.17, 15) is 9.59 Å². The Morgan fingerprint density at radius 1 is 1.26 bits per heavy atom. The highest BCUT2D eigenvalue weighted by molar-refractivity contribution is 5.85. The lowest BCUT2D eigenvalue weighted by molar-refractivity contribution is -0.118. The zero-order valence-electron chi connectivity index (χ0n) is 11.6. The number of amides is 1. The molecule has 0 spiro atoms. The van der Waals surface area contributed by atoms with Gasteiger partial charge in [0, 0.05) is 11.8 Å². The Kier molecular flexibility index (Phi) is 4.92. The molecule has 5 nitrogen and oxygen atoms in total. The molecule has 1 amide bonds. The maximum atomic E-state index is 11.6. The van der Waals surface area contributed by atoms with E-state index in [0.717, 1.165) is 0 Å². The predicted octanol–water partition coefficient (Wildman–Crippen LogP) is 3.00. The summed E-state index contributed by atoms with van der Waals surface area (Å²) in [5, 5.41) is 2.60. The van der Waals surface area contributed by atoms with Gasteiger partial charge < -0.3 is 9.47 Å². The summed E-state index contributed by atoms with van der Waals surface area (Å²) in [6.45, 7) is 6.83. The minimum Gasteiger partial charge on any atom is -0.486 e. The molecule has 1 rings (SSSR count). The van der Waals surface area contributed by atoms with Crippen molar-refractivity contribution in [2.75, 3.05) is 11.9 Å². The molecule has 0 heterocycles. The largest absolute Gasteiger partial charge is 0.486 e. The topological polar surface area (TPSA) is 64.6 Å². The number of ketones is 1. The summed E-state index contributed by atoms with van der Waals surface area (Å²) >= 11 is 0. The Morgan fingerprint density at radius 2 is 1.95 bits per heavy atom. The molecule has 0 aliphatic rings. The van der Waals surface area contributed by atoms with Gasteiger partial charge in [-0.15, -0.1) is 0 Å². The third-order valence-corrected chi connectivity index (χ3v) is 1.92. The van der Waals surface area contributed by atoms with Crippen molar-refractivity contribution in [2.45, 2.75) is 33.3 Å². The number of benzene rings is 1. The molecular formula is C14H19NO4. The first kappa shape index (κ1) is 15.0. The number of nitrogens with one attached hydrogen (secondary N) is 1. The van der Waals surface area contributed by atoms with Crippen molar-refractivity contribution in [1.82, 2.24) is 0 Å². The highest BCUT2D eigenvalue weighted by Crippen LogP contribution is 2.18. The van der Waals surface area contributed by atoms with Gasteiger partial charge >= 0.3 is 6.09 Å². The number of carbonyl (C=O) groups excluding carboxylic acids is 2. The molecule has 0 unspecified atom stereocenters. The predicted molar refractivity (Wildman–Crippen MR) is 72.5 cm³/mol. The SMILES string of the molecule is CC(=O)COc1cccc(NC(=O)OC(C)(C)C)c1. The zero-order chi connectivity index (χ0) is 14.5. The molecule has 0 atom stereocenters. The average Bonchev–Trinajstić information content (AvgIpc) is 2.24. The highest BCUT2D eigenvalue weighted by atomic mass is 16.6. The van der Waals surface area contributed by atoms with Crippen molar-refractivity contribution >= 4 is 17.6 Å². The Balaban J connectivity index is 2.61. The first-order chi connectivity index (χ1) is 8.76. The molecule has 1 aromatic rings. The summed E-state index contributed by atoms with van der Waals surface area (Å²) in [5.41, 5.74) is 0.00242. The van der Waals surface area contributed by atoms with Crippen molar-refractivity contribution in [2.24, 2.45) is 0 Å². The molecule has 1 aromatic carbocycles. The molecule has 0 aromatic heterocycles. The van der Waals surface area contributed by atoms with Crippen LogP contribution in [0.1, 0.15) is 27.7 Å². The van der Waals surface area contributed by atoms with Crippen LogP contribution in [-0.4, -0.2) is 24.1 Å². The van der Waals surface area contributed by atoms with Gasteiger partial charge in [-0.05, 0) is 39.8 Å². The maximum Gasteiger partial charge on any atom is 0.412 e. The van der Waals surface area contributed by atoms with E-state index in [-0.39, 0.29) is 12.4 Å². The monoisotopic (exact) mass is 265 g/mol. The minimum absolute atomic E-state index is 0.00981. The molecule has 0 fully saturated rings. The van der Waals surface area contributed by atoms with Crippen molar-refractivity contribution in [3.05, 3.63) is 24.3 Å². The number of hydrogen-bond donors (Lipinski definition) is 1. The van der Waals surface area contributed by atoms with E-state index in [1.807, 2.05) is 0 Å². The van der Waals surface area contributed by atoms with Crippen LogP contribution < -0.4 is 10.1 Å². The normalized spacial score (nSPS) is 10.7. The van der Waals surface area contributed by atoms with E-state index in [2.05, 4.69) is 5.32 Å². The highest BCUT2D eigenvalue weighted by Gasteiger charge is 2.16. The summed E-state index contributed by atoms with van der Waals surface area (Å²) in [7, 11) is 0. The van der Waals surface area contributed by atoms with Crippen LogP contribution in [0.25, 0.3) is 0 Å². The standard InChI is InChI=1S/C14H19NO4/c1-10(16)9-18-12-7-5-6-11(8-12)15-13(17)19-14(2,3)4/h5-8H,9H2,1-4H3,(H,15,17). The Labute approximate surface area is 112 Å². The van der Waals surface area contributed by atoms with E-state index in [4.69, 9.17) is 9.47 Å². The van der Waals surface area contributed by atoms with E-state index in [0.29, 0.717) is 11.4 Å². The Bertz CT molecular complexity index is 463. The molecular weight excluding hydrogens is 246 g/mol. The van der Waals surface area contributed by atoms with Gasteiger partial charge in [-0.1, -0.05) is 6.07 Å². The van der Waals surface area contributed by atoms with Gasteiger partial charge in [0.2, 0.25) is 0 Å². The fourth-order valence-electron chi connectivity index (χ4n) is 1.27. The molecule has 0 aliphatic carbocycles. The summed E-state index contributed by atoms with van der Waals surface area (Å²) in [5.74, 6) is 0.453. The summed E-state index contributed by atoms with van der Waals surface area (Å²) in [6.07, 6.45) is -0.531. The quantitative estimate of drug-likeness (QED) is 0.908. The lowest BCUT2D eigenvalue weighted by atomic mass is 10.2. The van der Waals surface area contributed by atoms with Gasteiger partial charge in [0.1, 0.15) is 18.0 Å². The second-order valence-corrected chi connectivity index (χ2v) is 5.15. The van der Waals surface area contributed by atoms with Crippen LogP contribution in [0.2, 0.25) is 0 Å². The lowest BCUT2D eigenvalue weighted by Gasteiger charge is -2.19. The number of carbonyl (C=O) groups is 2. The maximum absolute atomic E-state index is 11.6. The number of rotatable bonds is 4. The molecule has 0 saturated carbocycles. The molecule has 5 heteroatoms. The van der Waals surface area contributed by atoms with Crippen LogP contribution in [0, 0.1) is 0 Å². The van der Waals surface area contributed by atoms with Crippen LogP contribution >= 0.6 is 0 Å². The number of Topliss-reactive ketones (excluding diaryl/α,β-unsaturated/α-hetero) is 1. The molecule has 0 aliphatic heterocycles. The van der Waals surface area contributed by atoms with E-state index < -0.39 is 11.7 Å². The van der Waals surface area contributed by atoms with Gasteiger partial charge in [0.05, 0.1) is 0 Å². The fourth-order valence-corrected chi connectivity index (χ4v) is 1.27. The van der Waals surface area contributed by atoms with E-state index in [1.165, 1.54) is 6.92 Å². The zero-order valence-corrected chi connectivity index (χ0v) is 11.6. The Hall–Kier alpha value is -2.04. The van der Waals surface area contributed by atoms with Crippen LogP contribution in [0.4, 0.5) is 10.5 Å². The van der Waals surface area contributed by atoms with E-state index >= 15 is 0 Å². The fraction of sp³-hybridized carbons (Fsp3) is 0.429. The van der Waals surface area contributed by atoms with Gasteiger partial charge in [-0.3, -0.25) is 10.1 Å². The first-order valence-electron chi connectivity index (χ1n) is 5.98. The second-order valence-electron chi connectivity index (χ2n) is 5.15. The van der Waals surface area contributed by atoms with Crippen LogP contribution in [0.3, 0.4) is 0 Å². The smallest absolute Gasteiger partial charge is 0.412 e. The molecule has 1 N–H and O–H groups in total. The molecule has 0 bridgehead atoms. The second kappa shape index (κ2) is 6.22. The van der Waals surface area contributed by atoms with Gasteiger partial charge in [0.25, 0.3) is 0 Å². The van der Waals surface area contributed by atoms with Crippen molar-refractivity contribution in [3.8, 4) is 5.75 Å². The number of anilines is 1. The first-order valence-corrected chi connectivity index (χ1v) is 5.98. The molecule has 104 valence electrons. The van der Waals surface area contributed by atoms with Crippen molar-refractivity contribution < 1.29 is 19.1 Å². The van der Waals surface area contributed by atoms with E-state index in [1.54, 1.807) is 45.0 Å². The summed E-state index contributed by atoms with van der Waals surface area (Å²) < 4.78 is 10.4. The lowest BCUT2D eigenvalue weighted by Crippen LogP contribution is -2.27. The van der Waals surface area contributed by atoms with Crippen molar-refractivity contribution in [3.63, 3.8) is 0 Å². The third kappa shape index (κ3) is 6.45. The van der Waals surface area contributed by atoms with Gasteiger partial charge in [0.15, 0.2) is 5.78 Å². The van der Waals surface area contributed by atoms with Gasteiger partial charge in [-0.2, -0.15) is 0 Å². The van der Waals surface area contributed by atoms with Crippen molar-refractivity contribution in [1.29, 1.82) is 0 Å². The number of hydrogen-bond acceptors (Lipinski definition) is 4. The van der Waals surface area contributed by atoms with Gasteiger partial charge in [-0.25, -0.2) is 4.79 Å². The molecule has 19 heavy (non-hydrogen) atoms. The van der Waals surface area contributed by atoms with Crippen LogP contribution in [0.15, 0.2) is 24.3 Å². The summed E-state index contributed by atoms with van der Waals surface area (Å²) in [6, 6.07) is 6.78. The number of ether oxygens (including phenoxy) is 2. The Morgan fingerprint density at radius 3 is 2.53 bits per heavy atom. The molecule has 0 saturated heterocycles. The minimum atomic E-state index is -0.549. The average molecular weight is 265 g/mol. The third-order valence-electron chi connectivity index (χ3n) is 1.92. The molecule has 0 radical (unpaired) electrons.